The summed E-state index contributed by atoms with van der Waals surface area (Å²) < 4.78 is 0. The van der Waals surface area contributed by atoms with E-state index in [1.54, 1.807) is 6.92 Å². The molecule has 0 aromatic heterocycles. The van der Waals surface area contributed by atoms with Gasteiger partial charge in [-0.15, -0.1) is 0 Å². The smallest absolute Gasteiger partial charge is 0.318 e. The Hall–Kier alpha value is -1.29. The molecule has 4 heteroatoms. The first-order chi connectivity index (χ1) is 5.83. The largest absolute Gasteiger partial charge is 0.511 e. The zero-order valence-electron chi connectivity index (χ0n) is 7.48. The third-order valence-corrected chi connectivity index (χ3v) is 1.96. The first-order valence-electron chi connectivity index (χ1n) is 3.90. The van der Waals surface area contributed by atoms with Crippen LogP contribution in [-0.2, 0) is 4.79 Å². The Morgan fingerprint density at radius 3 is 2.46 bits per heavy atom. The molecule has 1 aliphatic rings. The highest BCUT2D eigenvalue weighted by atomic mass is 16.4. The van der Waals surface area contributed by atoms with Gasteiger partial charge in [0.15, 0.2) is 0 Å². The first-order valence-corrected chi connectivity index (χ1v) is 3.90. The van der Waals surface area contributed by atoms with Crippen LogP contribution in [0.1, 0.15) is 13.8 Å². The SMILES string of the molecule is CC1=CC(C)(O)C=C(O)C1C(=O)O. The summed E-state index contributed by atoms with van der Waals surface area (Å²) in [5.41, 5.74) is -0.808. The Kier molecular flexibility index (Phi) is 2.17. The lowest BCUT2D eigenvalue weighted by Gasteiger charge is -2.25. The normalized spacial score (nSPS) is 33.6. The van der Waals surface area contributed by atoms with Crippen molar-refractivity contribution in [1.82, 2.24) is 0 Å². The second kappa shape index (κ2) is 2.88. The number of carboxylic acid groups (broad SMARTS) is 1. The van der Waals surface area contributed by atoms with E-state index in [1.807, 2.05) is 0 Å². The Morgan fingerprint density at radius 2 is 2.08 bits per heavy atom. The van der Waals surface area contributed by atoms with Crippen LogP contribution in [0.2, 0.25) is 0 Å². The predicted octanol–water partition coefficient (Wildman–Crippen LogP) is 0.840. The predicted molar refractivity (Wildman–Crippen MR) is 46.2 cm³/mol. The Labute approximate surface area is 75.8 Å². The van der Waals surface area contributed by atoms with Crippen molar-refractivity contribution in [3.8, 4) is 0 Å². The van der Waals surface area contributed by atoms with E-state index >= 15 is 0 Å². The van der Waals surface area contributed by atoms with Gasteiger partial charge in [-0.25, -0.2) is 0 Å². The van der Waals surface area contributed by atoms with Gasteiger partial charge >= 0.3 is 5.97 Å². The van der Waals surface area contributed by atoms with Crippen molar-refractivity contribution in [2.45, 2.75) is 19.4 Å². The molecule has 3 N–H and O–H groups in total. The summed E-state index contributed by atoms with van der Waals surface area (Å²) in [5.74, 6) is -2.43. The van der Waals surface area contributed by atoms with Crippen molar-refractivity contribution in [3.05, 3.63) is 23.5 Å². The molecule has 0 saturated carbocycles. The summed E-state index contributed by atoms with van der Waals surface area (Å²) in [4.78, 5) is 10.7. The van der Waals surface area contributed by atoms with Gasteiger partial charge in [-0.1, -0.05) is 5.57 Å². The molecule has 0 radical (unpaired) electrons. The van der Waals surface area contributed by atoms with E-state index in [2.05, 4.69) is 0 Å². The monoisotopic (exact) mass is 184 g/mol. The lowest BCUT2D eigenvalue weighted by Crippen LogP contribution is -2.29. The van der Waals surface area contributed by atoms with Gasteiger partial charge in [0.2, 0.25) is 0 Å². The quantitative estimate of drug-likeness (QED) is 0.528. The van der Waals surface area contributed by atoms with Crippen LogP contribution in [0.15, 0.2) is 23.5 Å². The average Bonchev–Trinajstić information content (AvgIpc) is 1.78. The highest BCUT2D eigenvalue weighted by molar-refractivity contribution is 5.77. The number of rotatable bonds is 1. The van der Waals surface area contributed by atoms with Crippen LogP contribution in [0, 0.1) is 5.92 Å². The van der Waals surface area contributed by atoms with Crippen LogP contribution in [0.4, 0.5) is 0 Å². The molecule has 4 nitrogen and oxygen atoms in total. The maximum Gasteiger partial charge on any atom is 0.318 e. The van der Waals surface area contributed by atoms with E-state index in [-0.39, 0.29) is 5.76 Å². The van der Waals surface area contributed by atoms with Gasteiger partial charge in [-0.2, -0.15) is 0 Å². The number of aliphatic hydroxyl groups is 2. The summed E-state index contributed by atoms with van der Waals surface area (Å²) in [5, 5.41) is 27.6. The van der Waals surface area contributed by atoms with E-state index < -0.39 is 17.5 Å². The molecule has 0 saturated heterocycles. The molecule has 13 heavy (non-hydrogen) atoms. The number of hydrogen-bond donors (Lipinski definition) is 3. The fraction of sp³-hybridized carbons (Fsp3) is 0.444. The molecule has 0 amide bonds. The zero-order chi connectivity index (χ0) is 10.2. The van der Waals surface area contributed by atoms with E-state index in [4.69, 9.17) is 5.11 Å². The number of hydrogen-bond acceptors (Lipinski definition) is 3. The third kappa shape index (κ3) is 1.89. The van der Waals surface area contributed by atoms with Gasteiger partial charge in [0, 0.05) is 0 Å². The molecule has 0 aromatic rings. The second-order valence-electron chi connectivity index (χ2n) is 3.45. The summed E-state index contributed by atoms with van der Waals surface area (Å²) >= 11 is 0. The van der Waals surface area contributed by atoms with Crippen LogP contribution in [0.25, 0.3) is 0 Å². The van der Waals surface area contributed by atoms with Crippen LogP contribution in [0.3, 0.4) is 0 Å². The molecule has 0 bridgehead atoms. The summed E-state index contributed by atoms with van der Waals surface area (Å²) in [7, 11) is 0. The zero-order valence-corrected chi connectivity index (χ0v) is 7.48. The topological polar surface area (TPSA) is 77.8 Å². The molecule has 1 aliphatic carbocycles. The van der Waals surface area contributed by atoms with Crippen LogP contribution < -0.4 is 0 Å². The fourth-order valence-electron chi connectivity index (χ4n) is 1.52. The molecule has 0 fully saturated rings. The van der Waals surface area contributed by atoms with Crippen molar-refractivity contribution >= 4 is 5.97 Å². The minimum atomic E-state index is -1.25. The van der Waals surface area contributed by atoms with Gasteiger partial charge in [-0.3, -0.25) is 4.79 Å². The first kappa shape index (κ1) is 9.80. The number of carbonyl (C=O) groups is 1. The van der Waals surface area contributed by atoms with Gasteiger partial charge in [0.05, 0.1) is 0 Å². The van der Waals surface area contributed by atoms with Crippen molar-refractivity contribution in [3.63, 3.8) is 0 Å². The number of carboxylic acids is 1. The summed E-state index contributed by atoms with van der Waals surface area (Å²) in [6.45, 7) is 3.04. The number of aliphatic carboxylic acids is 1. The van der Waals surface area contributed by atoms with Crippen LogP contribution in [-0.4, -0.2) is 26.9 Å². The van der Waals surface area contributed by atoms with Crippen molar-refractivity contribution in [1.29, 1.82) is 0 Å². The Morgan fingerprint density at radius 1 is 1.54 bits per heavy atom. The molecule has 1 rings (SSSR count). The van der Waals surface area contributed by atoms with Gasteiger partial charge < -0.3 is 15.3 Å². The third-order valence-electron chi connectivity index (χ3n) is 1.96. The maximum atomic E-state index is 10.7. The van der Waals surface area contributed by atoms with E-state index in [0.717, 1.165) is 6.08 Å². The summed E-state index contributed by atoms with van der Waals surface area (Å²) in [6, 6.07) is 0. The van der Waals surface area contributed by atoms with Gasteiger partial charge in [-0.05, 0) is 26.0 Å². The van der Waals surface area contributed by atoms with Crippen molar-refractivity contribution in [2.24, 2.45) is 5.92 Å². The fourth-order valence-corrected chi connectivity index (χ4v) is 1.52. The van der Waals surface area contributed by atoms with Crippen LogP contribution >= 0.6 is 0 Å². The lowest BCUT2D eigenvalue weighted by molar-refractivity contribution is -0.140. The minimum Gasteiger partial charge on any atom is -0.511 e. The molecule has 72 valence electrons. The lowest BCUT2D eigenvalue weighted by atomic mass is 9.86. The van der Waals surface area contributed by atoms with Crippen molar-refractivity contribution in [2.75, 3.05) is 0 Å². The minimum absolute atomic E-state index is 0.308. The average molecular weight is 184 g/mol. The molecule has 2 unspecified atom stereocenters. The van der Waals surface area contributed by atoms with E-state index in [9.17, 15) is 15.0 Å². The van der Waals surface area contributed by atoms with E-state index in [1.165, 1.54) is 13.0 Å². The molecule has 2 atom stereocenters. The van der Waals surface area contributed by atoms with Gasteiger partial charge in [0.25, 0.3) is 0 Å². The van der Waals surface area contributed by atoms with Crippen molar-refractivity contribution < 1.29 is 20.1 Å². The highest BCUT2D eigenvalue weighted by Crippen LogP contribution is 2.28. The molecule has 0 aromatic carbocycles. The standard InChI is InChI=1S/C9H12O4/c1-5-3-9(2,13)4-6(10)7(5)8(11)12/h3-4,7,10,13H,1-2H3,(H,11,12). The Bertz CT molecular complexity index is 277. The molecule has 0 spiro atoms. The molecular weight excluding hydrogens is 172 g/mol. The Balaban J connectivity index is 3.07. The second-order valence-corrected chi connectivity index (χ2v) is 3.45. The molecule has 0 aliphatic heterocycles. The maximum absolute atomic E-state index is 10.7. The number of aliphatic hydroxyl groups excluding tert-OH is 1. The van der Waals surface area contributed by atoms with Crippen LogP contribution in [0.5, 0.6) is 0 Å². The van der Waals surface area contributed by atoms with Gasteiger partial charge in [0.1, 0.15) is 17.3 Å². The highest BCUT2D eigenvalue weighted by Gasteiger charge is 2.32. The van der Waals surface area contributed by atoms with E-state index in [0.29, 0.717) is 5.57 Å². The molecular formula is C9H12O4. The molecule has 0 heterocycles. The summed E-state index contributed by atoms with van der Waals surface area (Å²) in [6.07, 6.45) is 2.56.